The first kappa shape index (κ1) is 16.8. The number of benzene rings is 2. The van der Waals surface area contributed by atoms with Gasteiger partial charge in [-0.15, -0.1) is 0 Å². The van der Waals surface area contributed by atoms with Crippen molar-refractivity contribution in [1.29, 1.82) is 0 Å². The molecule has 0 bridgehead atoms. The molecule has 1 aliphatic rings. The van der Waals surface area contributed by atoms with Gasteiger partial charge in [0.1, 0.15) is 5.75 Å². The number of rotatable bonds is 5. The molecule has 24 heavy (non-hydrogen) atoms. The molecular weight excluding hydrogens is 328 g/mol. The molecule has 1 aliphatic heterocycles. The lowest BCUT2D eigenvalue weighted by molar-refractivity contribution is 0.103. The maximum Gasteiger partial charge on any atom is 0.301 e. The number of anilines is 1. The number of hydrogen-bond acceptors (Lipinski definition) is 4. The fraction of sp³-hybridized carbons (Fsp3) is 0.294. The third kappa shape index (κ3) is 3.38. The lowest BCUT2D eigenvalue weighted by Gasteiger charge is -2.20. The first-order valence-corrected chi connectivity index (χ1v) is 9.12. The number of hydrogen-bond donors (Lipinski definition) is 2. The summed E-state index contributed by atoms with van der Waals surface area (Å²) in [5.74, 6) is -0.0742. The molecule has 128 valence electrons. The topological polar surface area (TPSA) is 78.9 Å². The molecule has 6 nitrogen and oxygen atoms in total. The second-order valence-electron chi connectivity index (χ2n) is 5.63. The Hall–Kier alpha value is -2.09. The van der Waals surface area contributed by atoms with Crippen LogP contribution in [0.4, 0.5) is 5.69 Å². The van der Waals surface area contributed by atoms with Crippen molar-refractivity contribution >= 4 is 15.9 Å². The number of aromatic hydroxyl groups is 1. The predicted octanol–water partition coefficient (Wildman–Crippen LogP) is 1.98. The second kappa shape index (κ2) is 6.80. The highest BCUT2D eigenvalue weighted by Gasteiger charge is 2.30. The minimum Gasteiger partial charge on any atom is -0.506 e. The Bertz CT molecular complexity index is 809. The van der Waals surface area contributed by atoms with Crippen LogP contribution < -0.4 is 9.03 Å². The summed E-state index contributed by atoms with van der Waals surface area (Å²) in [4.78, 5) is 0. The average Bonchev–Trinajstić information content (AvgIpc) is 2.92. The van der Waals surface area contributed by atoms with Gasteiger partial charge in [0, 0.05) is 26.6 Å². The van der Waals surface area contributed by atoms with Gasteiger partial charge >= 0.3 is 10.2 Å². The number of methoxy groups -OCH3 is 1. The Morgan fingerprint density at radius 2 is 2.00 bits per heavy atom. The Labute approximate surface area is 141 Å². The van der Waals surface area contributed by atoms with E-state index in [-0.39, 0.29) is 17.5 Å². The molecule has 2 aromatic carbocycles. The third-order valence-electron chi connectivity index (χ3n) is 4.08. The zero-order valence-electron chi connectivity index (χ0n) is 13.3. The standard InChI is InChI=1S/C17H20N2O4S/c1-23-17(11-13-5-3-2-4-6-13)14-7-8-15(16(20)12-14)19-10-9-18-24(19,21)22/h2-8,12,17-18,20H,9-11H2,1H3. The summed E-state index contributed by atoms with van der Waals surface area (Å²) >= 11 is 0. The summed E-state index contributed by atoms with van der Waals surface area (Å²) in [5.41, 5.74) is 2.20. The van der Waals surface area contributed by atoms with Gasteiger partial charge in [0.25, 0.3) is 0 Å². The molecule has 2 aromatic rings. The molecule has 0 spiro atoms. The van der Waals surface area contributed by atoms with Gasteiger partial charge in [0.2, 0.25) is 0 Å². The van der Waals surface area contributed by atoms with Crippen LogP contribution >= 0.6 is 0 Å². The number of phenols is 1. The fourth-order valence-electron chi connectivity index (χ4n) is 2.84. The average molecular weight is 348 g/mol. The summed E-state index contributed by atoms with van der Waals surface area (Å²) in [6.45, 7) is 0.630. The number of nitrogens with zero attached hydrogens (tertiary/aromatic N) is 1. The summed E-state index contributed by atoms with van der Waals surface area (Å²) < 4.78 is 33.0. The first-order chi connectivity index (χ1) is 11.5. The smallest absolute Gasteiger partial charge is 0.301 e. The molecule has 2 N–H and O–H groups in total. The maximum absolute atomic E-state index is 11.9. The Kier molecular flexibility index (Phi) is 4.75. The Morgan fingerprint density at radius 3 is 2.58 bits per heavy atom. The lowest BCUT2D eigenvalue weighted by Crippen LogP contribution is -2.29. The molecule has 0 aliphatic carbocycles. The van der Waals surface area contributed by atoms with E-state index < -0.39 is 10.2 Å². The number of nitrogens with one attached hydrogen (secondary N) is 1. The molecule has 1 unspecified atom stereocenters. The highest BCUT2D eigenvalue weighted by molar-refractivity contribution is 7.91. The van der Waals surface area contributed by atoms with Crippen LogP contribution in [0.2, 0.25) is 0 Å². The maximum atomic E-state index is 11.9. The molecule has 3 rings (SSSR count). The molecular formula is C17H20N2O4S. The van der Waals surface area contributed by atoms with E-state index in [4.69, 9.17) is 4.74 Å². The molecule has 1 heterocycles. The number of phenolic OH excluding ortho intramolecular Hbond substituents is 1. The Morgan fingerprint density at radius 1 is 1.25 bits per heavy atom. The van der Waals surface area contributed by atoms with Crippen molar-refractivity contribution in [3.63, 3.8) is 0 Å². The lowest BCUT2D eigenvalue weighted by atomic mass is 10.0. The van der Waals surface area contributed by atoms with Crippen molar-refractivity contribution in [2.45, 2.75) is 12.5 Å². The number of ether oxygens (including phenoxy) is 1. The van der Waals surface area contributed by atoms with Gasteiger partial charge in [-0.05, 0) is 23.3 Å². The van der Waals surface area contributed by atoms with E-state index in [1.165, 1.54) is 4.31 Å². The fourth-order valence-corrected chi connectivity index (χ4v) is 4.09. The molecule has 0 aromatic heterocycles. The molecule has 0 amide bonds. The zero-order chi connectivity index (χ0) is 17.2. The normalized spacial score (nSPS) is 17.8. The van der Waals surface area contributed by atoms with Crippen molar-refractivity contribution in [2.24, 2.45) is 0 Å². The summed E-state index contributed by atoms with van der Waals surface area (Å²) in [6.07, 6.45) is 0.445. The van der Waals surface area contributed by atoms with Crippen molar-refractivity contribution in [3.8, 4) is 5.75 Å². The van der Waals surface area contributed by atoms with E-state index in [9.17, 15) is 13.5 Å². The second-order valence-corrected chi connectivity index (χ2v) is 7.31. The van der Waals surface area contributed by atoms with Gasteiger partial charge in [-0.3, -0.25) is 4.31 Å². The van der Waals surface area contributed by atoms with Crippen LogP contribution in [0.3, 0.4) is 0 Å². The van der Waals surface area contributed by atoms with Crippen molar-refractivity contribution in [2.75, 3.05) is 24.5 Å². The quantitative estimate of drug-likeness (QED) is 0.866. The molecule has 1 saturated heterocycles. The zero-order valence-corrected chi connectivity index (χ0v) is 14.2. The predicted molar refractivity (Wildman–Crippen MR) is 92.3 cm³/mol. The highest BCUT2D eigenvalue weighted by atomic mass is 32.2. The van der Waals surface area contributed by atoms with Crippen molar-refractivity contribution in [1.82, 2.24) is 4.72 Å². The van der Waals surface area contributed by atoms with Gasteiger partial charge < -0.3 is 9.84 Å². The summed E-state index contributed by atoms with van der Waals surface area (Å²) in [7, 11) is -1.94. The third-order valence-corrected chi connectivity index (χ3v) is 5.61. The van der Waals surface area contributed by atoms with Crippen LogP contribution in [0.1, 0.15) is 17.2 Å². The SMILES string of the molecule is COC(Cc1ccccc1)c1ccc(N2CCNS2(=O)=O)c(O)c1. The van der Waals surface area contributed by atoms with E-state index in [0.29, 0.717) is 19.5 Å². The summed E-state index contributed by atoms with van der Waals surface area (Å²) in [6, 6.07) is 14.9. The van der Waals surface area contributed by atoms with Crippen LogP contribution in [0.25, 0.3) is 0 Å². The molecule has 1 atom stereocenters. The van der Waals surface area contributed by atoms with Gasteiger partial charge in [-0.2, -0.15) is 13.1 Å². The molecule has 0 radical (unpaired) electrons. The van der Waals surface area contributed by atoms with E-state index in [1.54, 1.807) is 25.3 Å². The van der Waals surface area contributed by atoms with Gasteiger partial charge in [0.05, 0.1) is 11.8 Å². The van der Waals surface area contributed by atoms with E-state index >= 15 is 0 Å². The minimum absolute atomic E-state index is 0.0742. The van der Waals surface area contributed by atoms with Gasteiger partial charge in [-0.25, -0.2) is 0 Å². The minimum atomic E-state index is -3.56. The highest BCUT2D eigenvalue weighted by Crippen LogP contribution is 2.34. The van der Waals surface area contributed by atoms with Crippen molar-refractivity contribution < 1.29 is 18.3 Å². The van der Waals surface area contributed by atoms with Crippen LogP contribution in [-0.4, -0.2) is 33.7 Å². The Balaban J connectivity index is 1.85. The van der Waals surface area contributed by atoms with Crippen LogP contribution in [0, 0.1) is 0 Å². The molecule has 7 heteroatoms. The van der Waals surface area contributed by atoms with Crippen LogP contribution in [-0.2, 0) is 21.4 Å². The van der Waals surface area contributed by atoms with Gasteiger partial charge in [0.15, 0.2) is 0 Å². The first-order valence-electron chi connectivity index (χ1n) is 7.68. The van der Waals surface area contributed by atoms with Gasteiger partial charge in [-0.1, -0.05) is 36.4 Å². The van der Waals surface area contributed by atoms with E-state index in [2.05, 4.69) is 4.72 Å². The van der Waals surface area contributed by atoms with E-state index in [1.807, 2.05) is 30.3 Å². The monoisotopic (exact) mass is 348 g/mol. The van der Waals surface area contributed by atoms with Crippen molar-refractivity contribution in [3.05, 3.63) is 59.7 Å². The van der Waals surface area contributed by atoms with Crippen LogP contribution in [0.5, 0.6) is 5.75 Å². The summed E-state index contributed by atoms with van der Waals surface area (Å²) in [5, 5.41) is 10.3. The van der Waals surface area contributed by atoms with Crippen LogP contribution in [0.15, 0.2) is 48.5 Å². The molecule has 0 saturated carbocycles. The molecule has 1 fully saturated rings. The largest absolute Gasteiger partial charge is 0.506 e. The van der Waals surface area contributed by atoms with E-state index in [0.717, 1.165) is 11.1 Å².